The van der Waals surface area contributed by atoms with E-state index in [2.05, 4.69) is 49.3 Å². The number of rotatable bonds is 7. The lowest BCUT2D eigenvalue weighted by Crippen LogP contribution is -2.43. The molecule has 0 aliphatic heterocycles. The Hall–Kier alpha value is -0.390. The van der Waals surface area contributed by atoms with Gasteiger partial charge in [0.1, 0.15) is 0 Å². The molecule has 2 nitrogen and oxygen atoms in total. The van der Waals surface area contributed by atoms with Gasteiger partial charge < -0.3 is 5.73 Å². The fourth-order valence-corrected chi connectivity index (χ4v) is 4.49. The van der Waals surface area contributed by atoms with E-state index in [0.717, 1.165) is 17.3 Å². The van der Waals surface area contributed by atoms with Gasteiger partial charge >= 0.3 is 0 Å². The molecule has 2 heterocycles. The molecule has 116 valence electrons. The summed E-state index contributed by atoms with van der Waals surface area (Å²) < 4.78 is 0.832. The second-order valence-corrected chi connectivity index (χ2v) is 8.28. The first kappa shape index (κ1) is 17.0. The zero-order chi connectivity index (χ0) is 15.4. The molecule has 2 rings (SSSR count). The number of nitrogens with two attached hydrogens (primary N) is 1. The van der Waals surface area contributed by atoms with E-state index in [1.807, 2.05) is 6.07 Å². The third-order valence-electron chi connectivity index (χ3n) is 3.70. The van der Waals surface area contributed by atoms with Gasteiger partial charge in [0.15, 0.2) is 0 Å². The van der Waals surface area contributed by atoms with Crippen molar-refractivity contribution in [2.24, 2.45) is 5.73 Å². The van der Waals surface area contributed by atoms with Crippen molar-refractivity contribution in [1.29, 1.82) is 0 Å². The standard InChI is InChI=1S/C16H23ClN2S2/c1-4-13(18)16(14-7-8-15(17)21-14)19(11(2)3)10-12-6-5-9-20-12/h5-9,11,13,16H,4,10,18H2,1-3H3. The maximum absolute atomic E-state index is 6.45. The van der Waals surface area contributed by atoms with Crippen LogP contribution in [0.3, 0.4) is 0 Å². The average molecular weight is 343 g/mol. The van der Waals surface area contributed by atoms with Crippen molar-refractivity contribution in [2.75, 3.05) is 0 Å². The summed E-state index contributed by atoms with van der Waals surface area (Å²) in [5.41, 5.74) is 6.45. The SMILES string of the molecule is CCC(N)C(c1ccc(Cl)s1)N(Cc1cccs1)C(C)C. The van der Waals surface area contributed by atoms with Crippen molar-refractivity contribution in [2.45, 2.75) is 51.9 Å². The molecule has 0 saturated carbocycles. The molecule has 0 amide bonds. The van der Waals surface area contributed by atoms with Crippen molar-refractivity contribution in [3.63, 3.8) is 0 Å². The van der Waals surface area contributed by atoms with Crippen molar-refractivity contribution >= 4 is 34.3 Å². The van der Waals surface area contributed by atoms with Crippen LogP contribution in [-0.4, -0.2) is 17.0 Å². The molecule has 2 aromatic heterocycles. The van der Waals surface area contributed by atoms with Crippen LogP contribution in [-0.2, 0) is 6.54 Å². The maximum Gasteiger partial charge on any atom is 0.0931 e. The Kier molecular flexibility index (Phi) is 6.26. The number of halogens is 1. The number of nitrogens with zero attached hydrogens (tertiary/aromatic N) is 1. The van der Waals surface area contributed by atoms with Crippen LogP contribution in [0.1, 0.15) is 43.0 Å². The molecule has 2 unspecified atom stereocenters. The minimum Gasteiger partial charge on any atom is -0.326 e. The third-order valence-corrected chi connectivity index (χ3v) is 5.86. The lowest BCUT2D eigenvalue weighted by Gasteiger charge is -2.37. The van der Waals surface area contributed by atoms with Gasteiger partial charge in [-0.1, -0.05) is 24.6 Å². The highest BCUT2D eigenvalue weighted by molar-refractivity contribution is 7.16. The zero-order valence-corrected chi connectivity index (χ0v) is 15.1. The second-order valence-electron chi connectivity index (χ2n) is 5.50. The quantitative estimate of drug-likeness (QED) is 0.753. The Morgan fingerprint density at radius 3 is 2.52 bits per heavy atom. The summed E-state index contributed by atoms with van der Waals surface area (Å²) in [6, 6.07) is 9.15. The molecule has 0 saturated heterocycles. The van der Waals surface area contributed by atoms with Gasteiger partial charge in [-0.05, 0) is 43.8 Å². The third kappa shape index (κ3) is 4.30. The fraction of sp³-hybridized carbons (Fsp3) is 0.500. The number of thiophene rings is 2. The molecule has 21 heavy (non-hydrogen) atoms. The van der Waals surface area contributed by atoms with Crippen LogP contribution in [0.5, 0.6) is 0 Å². The van der Waals surface area contributed by atoms with Gasteiger partial charge in [0.25, 0.3) is 0 Å². The van der Waals surface area contributed by atoms with Crippen LogP contribution >= 0.6 is 34.3 Å². The van der Waals surface area contributed by atoms with E-state index in [9.17, 15) is 0 Å². The molecule has 0 aliphatic rings. The largest absolute Gasteiger partial charge is 0.326 e. The van der Waals surface area contributed by atoms with Gasteiger partial charge in [-0.15, -0.1) is 22.7 Å². The Labute approximate surface area is 140 Å². The van der Waals surface area contributed by atoms with E-state index in [-0.39, 0.29) is 12.1 Å². The molecule has 2 N–H and O–H groups in total. The number of hydrogen-bond donors (Lipinski definition) is 1. The molecule has 0 aliphatic carbocycles. The lowest BCUT2D eigenvalue weighted by molar-refractivity contribution is 0.125. The normalized spacial score (nSPS) is 14.8. The van der Waals surface area contributed by atoms with E-state index in [1.165, 1.54) is 9.75 Å². The van der Waals surface area contributed by atoms with E-state index in [0.29, 0.717) is 6.04 Å². The molecule has 0 bridgehead atoms. The lowest BCUT2D eigenvalue weighted by atomic mass is 10.0. The van der Waals surface area contributed by atoms with Crippen LogP contribution in [0.4, 0.5) is 0 Å². The molecular weight excluding hydrogens is 320 g/mol. The summed E-state index contributed by atoms with van der Waals surface area (Å²) in [6.45, 7) is 7.55. The molecule has 0 fully saturated rings. The molecule has 0 radical (unpaired) electrons. The highest BCUT2D eigenvalue weighted by Crippen LogP contribution is 2.35. The average Bonchev–Trinajstić information content (AvgIpc) is 3.09. The summed E-state index contributed by atoms with van der Waals surface area (Å²) in [6.07, 6.45) is 0.952. The van der Waals surface area contributed by atoms with Crippen molar-refractivity contribution in [1.82, 2.24) is 4.90 Å². The Bertz CT molecular complexity index is 536. The van der Waals surface area contributed by atoms with E-state index in [1.54, 1.807) is 22.7 Å². The van der Waals surface area contributed by atoms with Gasteiger partial charge in [-0.2, -0.15) is 0 Å². The zero-order valence-electron chi connectivity index (χ0n) is 12.8. The Morgan fingerprint density at radius 1 is 1.29 bits per heavy atom. The summed E-state index contributed by atoms with van der Waals surface area (Å²) >= 11 is 9.59. The fourth-order valence-electron chi connectivity index (χ4n) is 2.52. The minimum absolute atomic E-state index is 0.113. The molecule has 0 aromatic carbocycles. The first-order valence-electron chi connectivity index (χ1n) is 7.31. The van der Waals surface area contributed by atoms with Gasteiger partial charge in [0, 0.05) is 28.4 Å². The summed E-state index contributed by atoms with van der Waals surface area (Å²) in [4.78, 5) is 5.13. The monoisotopic (exact) mass is 342 g/mol. The second kappa shape index (κ2) is 7.75. The van der Waals surface area contributed by atoms with Crippen LogP contribution in [0, 0.1) is 0 Å². The molecule has 5 heteroatoms. The predicted molar refractivity (Wildman–Crippen MR) is 95.3 cm³/mol. The van der Waals surface area contributed by atoms with Crippen molar-refractivity contribution < 1.29 is 0 Å². The van der Waals surface area contributed by atoms with Crippen molar-refractivity contribution in [3.8, 4) is 0 Å². The van der Waals surface area contributed by atoms with E-state index in [4.69, 9.17) is 17.3 Å². The Balaban J connectivity index is 2.30. The molecule has 0 spiro atoms. The van der Waals surface area contributed by atoms with E-state index >= 15 is 0 Å². The van der Waals surface area contributed by atoms with E-state index < -0.39 is 0 Å². The van der Waals surface area contributed by atoms with Gasteiger partial charge in [-0.25, -0.2) is 0 Å². The highest BCUT2D eigenvalue weighted by Gasteiger charge is 2.29. The first-order valence-corrected chi connectivity index (χ1v) is 9.39. The van der Waals surface area contributed by atoms with Gasteiger partial charge in [0.05, 0.1) is 10.4 Å². The van der Waals surface area contributed by atoms with Crippen LogP contribution in [0.25, 0.3) is 0 Å². The molecule has 2 atom stereocenters. The topological polar surface area (TPSA) is 29.3 Å². The highest BCUT2D eigenvalue weighted by atomic mass is 35.5. The van der Waals surface area contributed by atoms with Crippen LogP contribution in [0.2, 0.25) is 4.34 Å². The van der Waals surface area contributed by atoms with Crippen molar-refractivity contribution in [3.05, 3.63) is 43.7 Å². The molecular formula is C16H23ClN2S2. The molecule has 2 aromatic rings. The van der Waals surface area contributed by atoms with Gasteiger partial charge in [-0.3, -0.25) is 4.90 Å². The summed E-state index contributed by atoms with van der Waals surface area (Å²) in [5.74, 6) is 0. The predicted octanol–water partition coefficient (Wildman–Crippen LogP) is 5.15. The first-order chi connectivity index (χ1) is 10.0. The number of hydrogen-bond acceptors (Lipinski definition) is 4. The summed E-state index contributed by atoms with van der Waals surface area (Å²) in [7, 11) is 0. The maximum atomic E-state index is 6.45. The smallest absolute Gasteiger partial charge is 0.0931 e. The summed E-state index contributed by atoms with van der Waals surface area (Å²) in [5, 5.41) is 2.13. The minimum atomic E-state index is 0.113. The van der Waals surface area contributed by atoms with Gasteiger partial charge in [0.2, 0.25) is 0 Å². The Morgan fingerprint density at radius 2 is 2.05 bits per heavy atom. The van der Waals surface area contributed by atoms with Crippen LogP contribution in [0.15, 0.2) is 29.6 Å². The van der Waals surface area contributed by atoms with Crippen LogP contribution < -0.4 is 5.73 Å².